The van der Waals surface area contributed by atoms with Gasteiger partial charge in [0.25, 0.3) is 0 Å². The zero-order valence-electron chi connectivity index (χ0n) is 11.2. The number of hydrogen-bond donors (Lipinski definition) is 2. The van der Waals surface area contributed by atoms with Crippen molar-refractivity contribution in [2.45, 2.75) is 44.6 Å². The van der Waals surface area contributed by atoms with Gasteiger partial charge in [0.2, 0.25) is 0 Å². The summed E-state index contributed by atoms with van der Waals surface area (Å²) in [6.45, 7) is 1.68. The first-order valence-corrected chi connectivity index (χ1v) is 6.79. The van der Waals surface area contributed by atoms with E-state index in [1.165, 1.54) is 0 Å². The minimum atomic E-state index is -0.811. The van der Waals surface area contributed by atoms with Crippen LogP contribution in [0.2, 0.25) is 0 Å². The van der Waals surface area contributed by atoms with Gasteiger partial charge in [-0.3, -0.25) is 4.79 Å². The molecule has 102 valence electrons. The van der Waals surface area contributed by atoms with Gasteiger partial charge in [-0.1, -0.05) is 36.8 Å². The number of carboxylic acid groups (broad SMARTS) is 1. The van der Waals surface area contributed by atoms with Crippen LogP contribution in [-0.4, -0.2) is 22.3 Å². The van der Waals surface area contributed by atoms with E-state index in [1.54, 1.807) is 6.92 Å². The van der Waals surface area contributed by atoms with Crippen LogP contribution < -0.4 is 0 Å². The molecule has 0 aromatic heterocycles. The van der Waals surface area contributed by atoms with E-state index in [2.05, 4.69) is 0 Å². The molecule has 2 rings (SSSR count). The Morgan fingerprint density at radius 2 is 2.00 bits per heavy atom. The molecular weight excluding hydrogens is 240 g/mol. The number of carboxylic acids is 1. The Labute approximate surface area is 113 Å². The maximum atomic E-state index is 10.9. The van der Waals surface area contributed by atoms with Gasteiger partial charge < -0.3 is 10.2 Å². The Balaban J connectivity index is 2.14. The zero-order valence-corrected chi connectivity index (χ0v) is 11.2. The van der Waals surface area contributed by atoms with Gasteiger partial charge in [0.1, 0.15) is 0 Å². The molecule has 1 saturated carbocycles. The van der Waals surface area contributed by atoms with Crippen LogP contribution >= 0.6 is 0 Å². The molecular formula is C16H20O3. The minimum Gasteiger partial charge on any atom is -0.481 e. The van der Waals surface area contributed by atoms with Crippen molar-refractivity contribution in [2.75, 3.05) is 0 Å². The maximum Gasteiger partial charge on any atom is 0.310 e. The normalized spacial score (nSPS) is 23.3. The lowest BCUT2D eigenvalue weighted by Gasteiger charge is -2.20. The highest BCUT2D eigenvalue weighted by atomic mass is 16.4. The third-order valence-corrected chi connectivity index (χ3v) is 3.78. The molecule has 1 aromatic carbocycles. The van der Waals surface area contributed by atoms with Crippen LogP contribution in [0.15, 0.2) is 29.8 Å². The fourth-order valence-corrected chi connectivity index (χ4v) is 2.42. The molecule has 0 heterocycles. The van der Waals surface area contributed by atoms with E-state index >= 15 is 0 Å². The molecule has 0 bridgehead atoms. The van der Waals surface area contributed by atoms with Gasteiger partial charge in [0.05, 0.1) is 12.0 Å². The quantitative estimate of drug-likeness (QED) is 0.877. The number of rotatable bonds is 3. The van der Waals surface area contributed by atoms with Crippen molar-refractivity contribution < 1.29 is 15.0 Å². The lowest BCUT2D eigenvalue weighted by atomic mass is 9.90. The standard InChI is InChI=1S/C16H20O3/c1-11(16(18)19)13-8-6-12(7-9-13)10-14-4-2-3-5-15(14)17/h6-11,15,17H,2-5H2,1H3,(H,18,19)/b14-10-. The largest absolute Gasteiger partial charge is 0.481 e. The van der Waals surface area contributed by atoms with Gasteiger partial charge in [-0.15, -0.1) is 0 Å². The fourth-order valence-electron chi connectivity index (χ4n) is 2.42. The van der Waals surface area contributed by atoms with Gasteiger partial charge in [-0.2, -0.15) is 0 Å². The molecule has 3 heteroatoms. The molecule has 1 aliphatic carbocycles. The third-order valence-electron chi connectivity index (χ3n) is 3.78. The minimum absolute atomic E-state index is 0.314. The number of hydrogen-bond acceptors (Lipinski definition) is 2. The van der Waals surface area contributed by atoms with Crippen LogP contribution in [0.1, 0.15) is 49.7 Å². The average Bonchev–Trinajstić information content (AvgIpc) is 2.41. The lowest BCUT2D eigenvalue weighted by molar-refractivity contribution is -0.138. The molecule has 1 aromatic rings. The van der Waals surface area contributed by atoms with E-state index in [9.17, 15) is 9.90 Å². The predicted molar refractivity (Wildman–Crippen MR) is 74.9 cm³/mol. The number of aliphatic carboxylic acids is 1. The highest BCUT2D eigenvalue weighted by Crippen LogP contribution is 2.26. The monoisotopic (exact) mass is 260 g/mol. The van der Waals surface area contributed by atoms with E-state index in [4.69, 9.17) is 5.11 Å². The van der Waals surface area contributed by atoms with Crippen molar-refractivity contribution >= 4 is 12.0 Å². The molecule has 2 N–H and O–H groups in total. The predicted octanol–water partition coefficient (Wildman–Crippen LogP) is 3.19. The van der Waals surface area contributed by atoms with Crippen molar-refractivity contribution in [1.29, 1.82) is 0 Å². The summed E-state index contributed by atoms with van der Waals surface area (Å²) in [5.41, 5.74) is 2.92. The van der Waals surface area contributed by atoms with Crippen LogP contribution in [0.3, 0.4) is 0 Å². The van der Waals surface area contributed by atoms with Crippen LogP contribution in [0.4, 0.5) is 0 Å². The van der Waals surface area contributed by atoms with Gasteiger partial charge in [0, 0.05) is 0 Å². The highest BCUT2D eigenvalue weighted by Gasteiger charge is 2.16. The maximum absolute atomic E-state index is 10.9. The first kappa shape index (κ1) is 13.8. The summed E-state index contributed by atoms with van der Waals surface area (Å²) in [4.78, 5) is 10.9. The summed E-state index contributed by atoms with van der Waals surface area (Å²) in [7, 11) is 0. The van der Waals surface area contributed by atoms with Gasteiger partial charge in [-0.25, -0.2) is 0 Å². The molecule has 0 radical (unpaired) electrons. The van der Waals surface area contributed by atoms with E-state index in [-0.39, 0.29) is 6.10 Å². The summed E-state index contributed by atoms with van der Waals surface area (Å²) in [5, 5.41) is 18.9. The first-order valence-electron chi connectivity index (χ1n) is 6.79. The van der Waals surface area contributed by atoms with Crippen molar-refractivity contribution in [3.05, 3.63) is 41.0 Å². The van der Waals surface area contributed by atoms with Crippen molar-refractivity contribution in [3.8, 4) is 0 Å². The molecule has 3 nitrogen and oxygen atoms in total. The average molecular weight is 260 g/mol. The molecule has 1 aliphatic rings. The Bertz CT molecular complexity index is 473. The van der Waals surface area contributed by atoms with E-state index in [0.29, 0.717) is 0 Å². The van der Waals surface area contributed by atoms with E-state index in [0.717, 1.165) is 42.4 Å². The third kappa shape index (κ3) is 3.44. The summed E-state index contributed by atoms with van der Waals surface area (Å²) in [6.07, 6.45) is 5.74. The highest BCUT2D eigenvalue weighted by molar-refractivity contribution is 5.75. The first-order chi connectivity index (χ1) is 9.08. The number of carbonyl (C=O) groups is 1. The van der Waals surface area contributed by atoms with Gasteiger partial charge in [-0.05, 0) is 42.9 Å². The van der Waals surface area contributed by atoms with Crippen LogP contribution in [0.25, 0.3) is 6.08 Å². The van der Waals surface area contributed by atoms with Crippen LogP contribution in [0.5, 0.6) is 0 Å². The van der Waals surface area contributed by atoms with Crippen molar-refractivity contribution in [3.63, 3.8) is 0 Å². The Kier molecular flexibility index (Phi) is 4.38. The Morgan fingerprint density at radius 3 is 2.58 bits per heavy atom. The smallest absolute Gasteiger partial charge is 0.310 e. The zero-order chi connectivity index (χ0) is 13.8. The summed E-state index contributed by atoms with van der Waals surface area (Å²) in [6, 6.07) is 7.53. The summed E-state index contributed by atoms with van der Waals surface area (Å²) < 4.78 is 0. The molecule has 19 heavy (non-hydrogen) atoms. The SMILES string of the molecule is CC(C(=O)O)c1ccc(/C=C2/CCCCC2O)cc1. The Hall–Kier alpha value is -1.61. The van der Waals surface area contributed by atoms with E-state index in [1.807, 2.05) is 30.3 Å². The molecule has 0 spiro atoms. The lowest BCUT2D eigenvalue weighted by Crippen LogP contribution is -2.14. The second-order valence-corrected chi connectivity index (χ2v) is 5.21. The van der Waals surface area contributed by atoms with Gasteiger partial charge in [0.15, 0.2) is 0 Å². The second kappa shape index (κ2) is 6.02. The Morgan fingerprint density at radius 1 is 1.32 bits per heavy atom. The topological polar surface area (TPSA) is 57.5 Å². The number of aliphatic hydroxyl groups is 1. The van der Waals surface area contributed by atoms with Crippen LogP contribution in [0, 0.1) is 0 Å². The molecule has 1 fully saturated rings. The fraction of sp³-hybridized carbons (Fsp3) is 0.438. The molecule has 0 saturated heterocycles. The molecule has 2 unspecified atom stereocenters. The van der Waals surface area contributed by atoms with Crippen molar-refractivity contribution in [2.24, 2.45) is 0 Å². The molecule has 2 atom stereocenters. The molecule has 0 amide bonds. The summed E-state index contributed by atoms with van der Waals surface area (Å²) >= 11 is 0. The van der Waals surface area contributed by atoms with Crippen LogP contribution in [-0.2, 0) is 4.79 Å². The van der Waals surface area contributed by atoms with Crippen molar-refractivity contribution in [1.82, 2.24) is 0 Å². The molecule has 0 aliphatic heterocycles. The van der Waals surface area contributed by atoms with E-state index < -0.39 is 11.9 Å². The second-order valence-electron chi connectivity index (χ2n) is 5.21. The number of benzene rings is 1. The summed E-state index contributed by atoms with van der Waals surface area (Å²) in [5.74, 6) is -1.30. The number of aliphatic hydroxyl groups excluding tert-OH is 1. The van der Waals surface area contributed by atoms with Gasteiger partial charge >= 0.3 is 5.97 Å².